The number of benzene rings is 1. The van der Waals surface area contributed by atoms with Crippen LogP contribution in [0.5, 0.6) is 0 Å². The first kappa shape index (κ1) is 18.8. The van der Waals surface area contributed by atoms with E-state index in [1.807, 2.05) is 47.8 Å². The highest BCUT2D eigenvalue weighted by Gasteiger charge is 2.25. The fourth-order valence-electron chi connectivity index (χ4n) is 2.59. The third kappa shape index (κ3) is 4.83. The van der Waals surface area contributed by atoms with E-state index in [0.717, 1.165) is 23.3 Å². The van der Waals surface area contributed by atoms with Crippen LogP contribution in [0.3, 0.4) is 0 Å². The average molecular weight is 383 g/mol. The molecule has 2 amide bonds. The largest absolute Gasteiger partial charge is 0.352 e. The van der Waals surface area contributed by atoms with Gasteiger partial charge in [-0.1, -0.05) is 54.9 Å². The smallest absolute Gasteiger partial charge is 0.259 e. The Balaban J connectivity index is 1.81. The third-order valence-corrected chi connectivity index (χ3v) is 4.83. The van der Waals surface area contributed by atoms with Crippen molar-refractivity contribution in [2.45, 2.75) is 26.2 Å². The van der Waals surface area contributed by atoms with E-state index in [1.165, 1.54) is 11.3 Å². The molecule has 0 atom stereocenters. The van der Waals surface area contributed by atoms with Crippen molar-refractivity contribution in [2.75, 3.05) is 11.9 Å². The zero-order valence-electron chi connectivity index (χ0n) is 15.0. The Bertz CT molecular complexity index is 889. The number of rotatable bonds is 8. The maximum Gasteiger partial charge on any atom is 0.259 e. The zero-order valence-corrected chi connectivity index (χ0v) is 15.8. The maximum absolute atomic E-state index is 12.7. The fourth-order valence-corrected chi connectivity index (χ4v) is 3.30. The molecule has 7 heteroatoms. The van der Waals surface area contributed by atoms with Gasteiger partial charge in [0.25, 0.3) is 5.91 Å². The number of carbonyl (C=O) groups is 2. The fraction of sp³-hybridized carbons (Fsp3) is 0.250. The molecule has 3 aromatic rings. The van der Waals surface area contributed by atoms with E-state index in [2.05, 4.69) is 22.7 Å². The molecule has 0 radical (unpaired) electrons. The molecule has 140 valence electrons. The van der Waals surface area contributed by atoms with Crippen LogP contribution in [0, 0.1) is 0 Å². The molecule has 0 aliphatic carbocycles. The first-order valence-corrected chi connectivity index (χ1v) is 9.72. The topological polar surface area (TPSA) is 84.2 Å². The molecule has 3 rings (SSSR count). The highest BCUT2D eigenvalue weighted by atomic mass is 32.1. The molecule has 0 spiro atoms. The Labute approximate surface area is 161 Å². The Morgan fingerprint density at radius 3 is 2.67 bits per heavy atom. The van der Waals surface area contributed by atoms with Crippen LogP contribution >= 0.6 is 11.3 Å². The summed E-state index contributed by atoms with van der Waals surface area (Å²) in [4.78, 5) is 25.9. The van der Waals surface area contributed by atoms with Gasteiger partial charge in [0.2, 0.25) is 11.8 Å². The second-order valence-electron chi connectivity index (χ2n) is 6.03. The summed E-state index contributed by atoms with van der Waals surface area (Å²) < 4.78 is 5.32. The molecule has 6 nitrogen and oxygen atoms in total. The summed E-state index contributed by atoms with van der Waals surface area (Å²) >= 11 is 1.46. The summed E-state index contributed by atoms with van der Waals surface area (Å²) in [5.74, 6) is -0.492. The van der Waals surface area contributed by atoms with Gasteiger partial charge in [-0.15, -0.1) is 11.3 Å². The number of nitrogens with one attached hydrogen (secondary N) is 2. The van der Waals surface area contributed by atoms with Gasteiger partial charge in [0, 0.05) is 6.54 Å². The van der Waals surface area contributed by atoms with Crippen LogP contribution in [0.2, 0.25) is 0 Å². The number of carbonyl (C=O) groups excluding carboxylic acids is 2. The normalized spacial score (nSPS) is 10.6. The van der Waals surface area contributed by atoms with Gasteiger partial charge in [0.05, 0.1) is 11.3 Å². The van der Waals surface area contributed by atoms with Crippen molar-refractivity contribution in [3.05, 3.63) is 59.0 Å². The van der Waals surface area contributed by atoms with Gasteiger partial charge in [-0.25, -0.2) is 0 Å². The molecule has 2 N–H and O–H groups in total. The standard InChI is InChI=1S/C20H21N3O3S/c1-2-3-11-21-19(25)17-18(15-10-7-12-27-15)23-26-20(17)22-16(24)13-14-8-5-4-6-9-14/h4-10,12H,2-3,11,13H2,1H3,(H,21,25)(H,22,24). The average Bonchev–Trinajstić information content (AvgIpc) is 3.32. The first-order valence-electron chi connectivity index (χ1n) is 8.84. The number of aromatic nitrogens is 1. The van der Waals surface area contributed by atoms with Crippen molar-refractivity contribution in [3.8, 4) is 10.6 Å². The van der Waals surface area contributed by atoms with E-state index in [9.17, 15) is 9.59 Å². The van der Waals surface area contributed by atoms with Crippen molar-refractivity contribution in [1.82, 2.24) is 10.5 Å². The van der Waals surface area contributed by atoms with Crippen LogP contribution in [-0.4, -0.2) is 23.5 Å². The Morgan fingerprint density at radius 2 is 1.96 bits per heavy atom. The van der Waals surface area contributed by atoms with Gasteiger partial charge in [0.15, 0.2) is 0 Å². The number of unbranched alkanes of at least 4 members (excludes halogenated alkanes) is 1. The van der Waals surface area contributed by atoms with E-state index in [0.29, 0.717) is 12.2 Å². The second-order valence-corrected chi connectivity index (χ2v) is 6.98. The van der Waals surface area contributed by atoms with Crippen LogP contribution in [0.4, 0.5) is 5.88 Å². The Hall–Kier alpha value is -2.93. The minimum Gasteiger partial charge on any atom is -0.352 e. The van der Waals surface area contributed by atoms with Gasteiger partial charge in [-0.2, -0.15) is 0 Å². The van der Waals surface area contributed by atoms with Crippen LogP contribution in [-0.2, 0) is 11.2 Å². The molecule has 0 bridgehead atoms. The lowest BCUT2D eigenvalue weighted by molar-refractivity contribution is -0.115. The summed E-state index contributed by atoms with van der Waals surface area (Å²) in [5, 5.41) is 11.5. The molecule has 0 saturated carbocycles. The molecule has 2 aromatic heterocycles. The van der Waals surface area contributed by atoms with Crippen LogP contribution in [0.15, 0.2) is 52.4 Å². The number of anilines is 1. The lowest BCUT2D eigenvalue weighted by Gasteiger charge is -2.07. The molecule has 0 unspecified atom stereocenters. The number of nitrogens with zero attached hydrogens (tertiary/aromatic N) is 1. The third-order valence-electron chi connectivity index (χ3n) is 3.95. The van der Waals surface area contributed by atoms with E-state index >= 15 is 0 Å². The Kier molecular flexibility index (Phi) is 6.38. The van der Waals surface area contributed by atoms with E-state index in [1.54, 1.807) is 0 Å². The summed E-state index contributed by atoms with van der Waals surface area (Å²) in [5.41, 5.74) is 1.57. The van der Waals surface area contributed by atoms with Gasteiger partial charge in [-0.3, -0.25) is 14.9 Å². The van der Waals surface area contributed by atoms with Gasteiger partial charge < -0.3 is 9.84 Å². The van der Waals surface area contributed by atoms with Gasteiger partial charge >= 0.3 is 0 Å². The van der Waals surface area contributed by atoms with E-state index in [-0.39, 0.29) is 29.7 Å². The molecule has 27 heavy (non-hydrogen) atoms. The van der Waals surface area contributed by atoms with Crippen LogP contribution < -0.4 is 10.6 Å². The number of amides is 2. The monoisotopic (exact) mass is 383 g/mol. The van der Waals surface area contributed by atoms with Crippen LogP contribution in [0.1, 0.15) is 35.7 Å². The van der Waals surface area contributed by atoms with Crippen molar-refractivity contribution in [3.63, 3.8) is 0 Å². The highest BCUT2D eigenvalue weighted by molar-refractivity contribution is 7.13. The van der Waals surface area contributed by atoms with E-state index < -0.39 is 0 Å². The predicted octanol–water partition coefficient (Wildman–Crippen LogP) is 4.11. The molecule has 2 heterocycles. The van der Waals surface area contributed by atoms with E-state index in [4.69, 9.17) is 4.52 Å². The highest BCUT2D eigenvalue weighted by Crippen LogP contribution is 2.32. The minimum atomic E-state index is -0.303. The summed E-state index contributed by atoms with van der Waals surface area (Å²) in [7, 11) is 0. The zero-order chi connectivity index (χ0) is 19.1. The molecule has 0 saturated heterocycles. The SMILES string of the molecule is CCCCNC(=O)c1c(-c2cccs2)noc1NC(=O)Cc1ccccc1. The molecule has 0 fully saturated rings. The lowest BCUT2D eigenvalue weighted by Crippen LogP contribution is -2.26. The molecule has 1 aromatic carbocycles. The van der Waals surface area contributed by atoms with Crippen molar-refractivity contribution in [2.24, 2.45) is 0 Å². The number of hydrogen-bond acceptors (Lipinski definition) is 5. The molecule has 0 aliphatic rings. The molecular weight excluding hydrogens is 362 g/mol. The van der Waals surface area contributed by atoms with Gasteiger partial charge in [0.1, 0.15) is 11.3 Å². The Morgan fingerprint density at radius 1 is 1.15 bits per heavy atom. The quantitative estimate of drug-likeness (QED) is 0.573. The number of thiophene rings is 1. The summed E-state index contributed by atoms with van der Waals surface area (Å²) in [6.45, 7) is 2.61. The molecular formula is C20H21N3O3S. The molecule has 0 aliphatic heterocycles. The first-order chi connectivity index (χ1) is 13.2. The second kappa shape index (κ2) is 9.14. The van der Waals surface area contributed by atoms with Crippen molar-refractivity contribution < 1.29 is 14.1 Å². The number of hydrogen-bond donors (Lipinski definition) is 2. The lowest BCUT2D eigenvalue weighted by atomic mass is 10.1. The minimum absolute atomic E-state index is 0.0772. The van der Waals surface area contributed by atoms with Gasteiger partial charge in [-0.05, 0) is 23.4 Å². The summed E-state index contributed by atoms with van der Waals surface area (Å²) in [6, 6.07) is 13.1. The van der Waals surface area contributed by atoms with Crippen LogP contribution in [0.25, 0.3) is 10.6 Å². The van der Waals surface area contributed by atoms with Crippen molar-refractivity contribution >= 4 is 29.0 Å². The maximum atomic E-state index is 12.7. The van der Waals surface area contributed by atoms with Crippen molar-refractivity contribution in [1.29, 1.82) is 0 Å². The predicted molar refractivity (Wildman–Crippen MR) is 106 cm³/mol. The summed E-state index contributed by atoms with van der Waals surface area (Å²) in [6.07, 6.45) is 2.04.